The van der Waals surface area contributed by atoms with Crippen LogP contribution in [0.4, 0.5) is 0 Å². The number of hydrogen-bond acceptors (Lipinski definition) is 3. The van der Waals surface area contributed by atoms with Gasteiger partial charge in [0.1, 0.15) is 0 Å². The van der Waals surface area contributed by atoms with Gasteiger partial charge < -0.3 is 0 Å². The molecule has 0 saturated carbocycles. The molecule has 0 atom stereocenters. The lowest BCUT2D eigenvalue weighted by molar-refractivity contribution is 0.0509. The minimum Gasteiger partial charge on any atom is -0.300 e. The second kappa shape index (κ2) is 5.48. The number of hydrogen-bond donors (Lipinski definition) is 0. The average molecular weight is 209 g/mol. The minimum atomic E-state index is 0.335. The van der Waals surface area contributed by atoms with Crippen LogP contribution in [-0.4, -0.2) is 48.1 Å². The maximum absolute atomic E-state index is 8.53. The summed E-state index contributed by atoms with van der Waals surface area (Å²) in [6.45, 7) is 12.4. The number of nitrogens with zero attached hydrogens (tertiary/aromatic N) is 3. The molecule has 1 saturated heterocycles. The van der Waals surface area contributed by atoms with Crippen LogP contribution in [-0.2, 0) is 0 Å². The zero-order valence-electron chi connectivity index (χ0n) is 10.3. The van der Waals surface area contributed by atoms with Crippen LogP contribution in [0.25, 0.3) is 0 Å². The molecule has 1 aliphatic heterocycles. The van der Waals surface area contributed by atoms with Crippen LogP contribution >= 0.6 is 0 Å². The summed E-state index contributed by atoms with van der Waals surface area (Å²) >= 11 is 0. The van der Waals surface area contributed by atoms with Gasteiger partial charge in [0.25, 0.3) is 0 Å². The van der Waals surface area contributed by atoms with Gasteiger partial charge >= 0.3 is 0 Å². The van der Waals surface area contributed by atoms with Crippen molar-refractivity contribution >= 4 is 0 Å². The van der Waals surface area contributed by atoms with Crippen LogP contribution in [0.15, 0.2) is 0 Å². The molecule has 0 amide bonds. The van der Waals surface area contributed by atoms with Crippen molar-refractivity contribution < 1.29 is 0 Å². The van der Waals surface area contributed by atoms with Crippen molar-refractivity contribution in [2.75, 3.05) is 32.7 Å². The summed E-state index contributed by atoms with van der Waals surface area (Å²) in [6, 6.07) is 2.21. The Morgan fingerprint density at radius 2 is 1.80 bits per heavy atom. The molecule has 0 aromatic heterocycles. The molecule has 0 spiro atoms. The van der Waals surface area contributed by atoms with E-state index in [0.29, 0.717) is 12.0 Å². The highest BCUT2D eigenvalue weighted by Gasteiger charge is 2.27. The molecule has 0 N–H and O–H groups in total. The summed E-state index contributed by atoms with van der Waals surface area (Å²) in [5.74, 6) is 0. The molecule has 86 valence electrons. The van der Waals surface area contributed by atoms with Gasteiger partial charge in [0.15, 0.2) is 0 Å². The van der Waals surface area contributed by atoms with Gasteiger partial charge in [0, 0.05) is 44.7 Å². The van der Waals surface area contributed by atoms with E-state index in [4.69, 9.17) is 5.26 Å². The topological polar surface area (TPSA) is 30.3 Å². The monoisotopic (exact) mass is 209 g/mol. The zero-order valence-corrected chi connectivity index (χ0v) is 10.3. The summed E-state index contributed by atoms with van der Waals surface area (Å²) in [7, 11) is 0. The van der Waals surface area contributed by atoms with E-state index < -0.39 is 0 Å². The van der Waals surface area contributed by atoms with Crippen LogP contribution in [0.3, 0.4) is 0 Å². The van der Waals surface area contributed by atoms with Crippen molar-refractivity contribution in [2.24, 2.45) is 0 Å². The second-order valence-electron chi connectivity index (χ2n) is 4.90. The van der Waals surface area contributed by atoms with Crippen LogP contribution < -0.4 is 0 Å². The van der Waals surface area contributed by atoms with Gasteiger partial charge in [-0.3, -0.25) is 9.80 Å². The number of rotatable bonds is 4. The van der Waals surface area contributed by atoms with Gasteiger partial charge in [-0.15, -0.1) is 0 Å². The quantitative estimate of drug-likeness (QED) is 0.706. The Balaban J connectivity index is 2.33. The lowest BCUT2D eigenvalue weighted by atomic mass is 9.98. The first-order valence-corrected chi connectivity index (χ1v) is 5.94. The lowest BCUT2D eigenvalue weighted by Gasteiger charge is -2.43. The van der Waals surface area contributed by atoms with Crippen molar-refractivity contribution in [2.45, 2.75) is 39.2 Å². The third-order valence-electron chi connectivity index (χ3n) is 3.63. The van der Waals surface area contributed by atoms with E-state index in [2.05, 4.69) is 36.6 Å². The molecule has 0 aromatic rings. The first-order valence-electron chi connectivity index (χ1n) is 5.94. The molecule has 0 unspecified atom stereocenters. The van der Waals surface area contributed by atoms with Gasteiger partial charge in [-0.2, -0.15) is 5.26 Å². The third-order valence-corrected chi connectivity index (χ3v) is 3.63. The molecule has 3 nitrogen and oxygen atoms in total. The molecule has 1 heterocycles. The van der Waals surface area contributed by atoms with Gasteiger partial charge in [-0.25, -0.2) is 0 Å². The van der Waals surface area contributed by atoms with Crippen molar-refractivity contribution in [3.8, 4) is 6.07 Å². The molecule has 0 aliphatic carbocycles. The first-order chi connectivity index (χ1) is 7.10. The molecular weight excluding hydrogens is 186 g/mol. The fourth-order valence-electron chi connectivity index (χ4n) is 2.01. The summed E-state index contributed by atoms with van der Waals surface area (Å²) in [5, 5.41) is 8.53. The minimum absolute atomic E-state index is 0.335. The van der Waals surface area contributed by atoms with E-state index in [1.54, 1.807) is 0 Å². The summed E-state index contributed by atoms with van der Waals surface area (Å²) in [4.78, 5) is 4.96. The fraction of sp³-hybridized carbons (Fsp3) is 0.917. The van der Waals surface area contributed by atoms with Crippen molar-refractivity contribution in [1.82, 2.24) is 9.80 Å². The summed E-state index contributed by atoms with van der Waals surface area (Å²) in [5.41, 5.74) is 0.335. The Kier molecular flexibility index (Phi) is 4.56. The standard InChI is InChI=1S/C12H23N3/c1-4-12(2,3)15-10-8-14(9-11-15)7-5-6-13/h4-5,7-11H2,1-3H3. The van der Waals surface area contributed by atoms with Crippen molar-refractivity contribution in [3.05, 3.63) is 0 Å². The maximum atomic E-state index is 8.53. The van der Waals surface area contributed by atoms with Crippen LogP contribution in [0, 0.1) is 11.3 Å². The van der Waals surface area contributed by atoms with Gasteiger partial charge in [-0.05, 0) is 20.3 Å². The Bertz CT molecular complexity index is 222. The highest BCUT2D eigenvalue weighted by molar-refractivity contribution is 4.85. The highest BCUT2D eigenvalue weighted by Crippen LogP contribution is 2.20. The average Bonchev–Trinajstić information content (AvgIpc) is 2.27. The Labute approximate surface area is 93.7 Å². The predicted octanol–water partition coefficient (Wildman–Crippen LogP) is 1.71. The third kappa shape index (κ3) is 3.48. The largest absolute Gasteiger partial charge is 0.300 e. The fourth-order valence-corrected chi connectivity index (χ4v) is 2.01. The van der Waals surface area contributed by atoms with E-state index in [0.717, 1.165) is 32.7 Å². The van der Waals surface area contributed by atoms with Crippen LogP contribution in [0.1, 0.15) is 33.6 Å². The maximum Gasteiger partial charge on any atom is 0.0635 e. The normalized spacial score (nSPS) is 20.1. The lowest BCUT2D eigenvalue weighted by Crippen LogP contribution is -2.54. The number of piperazine rings is 1. The van der Waals surface area contributed by atoms with Gasteiger partial charge in [-0.1, -0.05) is 6.92 Å². The molecular formula is C12H23N3. The molecule has 1 rings (SSSR count). The number of nitriles is 1. The van der Waals surface area contributed by atoms with Crippen molar-refractivity contribution in [1.29, 1.82) is 5.26 Å². The molecule has 15 heavy (non-hydrogen) atoms. The SMILES string of the molecule is CCC(C)(C)N1CCN(CCC#N)CC1. The smallest absolute Gasteiger partial charge is 0.0635 e. The highest BCUT2D eigenvalue weighted by atomic mass is 15.3. The van der Waals surface area contributed by atoms with Crippen LogP contribution in [0.2, 0.25) is 0 Å². The first kappa shape index (κ1) is 12.5. The van der Waals surface area contributed by atoms with Gasteiger partial charge in [0.2, 0.25) is 0 Å². The molecule has 3 heteroatoms. The Hall–Kier alpha value is -0.590. The van der Waals surface area contributed by atoms with E-state index >= 15 is 0 Å². The van der Waals surface area contributed by atoms with E-state index in [1.807, 2.05) is 0 Å². The summed E-state index contributed by atoms with van der Waals surface area (Å²) in [6.07, 6.45) is 1.86. The zero-order chi connectivity index (χ0) is 11.3. The molecule has 1 aliphatic rings. The predicted molar refractivity (Wildman–Crippen MR) is 62.6 cm³/mol. The van der Waals surface area contributed by atoms with Crippen LogP contribution in [0.5, 0.6) is 0 Å². The van der Waals surface area contributed by atoms with Crippen molar-refractivity contribution in [3.63, 3.8) is 0 Å². The molecule has 0 bridgehead atoms. The van der Waals surface area contributed by atoms with Gasteiger partial charge in [0.05, 0.1) is 6.07 Å². The second-order valence-corrected chi connectivity index (χ2v) is 4.90. The van der Waals surface area contributed by atoms with E-state index in [9.17, 15) is 0 Å². The molecule has 0 radical (unpaired) electrons. The summed E-state index contributed by atoms with van der Waals surface area (Å²) < 4.78 is 0. The van der Waals surface area contributed by atoms with E-state index in [1.165, 1.54) is 6.42 Å². The van der Waals surface area contributed by atoms with E-state index in [-0.39, 0.29) is 0 Å². The Morgan fingerprint density at radius 3 is 2.27 bits per heavy atom. The molecule has 1 fully saturated rings. The molecule has 0 aromatic carbocycles. The Morgan fingerprint density at radius 1 is 1.20 bits per heavy atom.